The summed E-state index contributed by atoms with van der Waals surface area (Å²) in [6.07, 6.45) is 6.85. The van der Waals surface area contributed by atoms with Crippen molar-refractivity contribution < 1.29 is 0 Å². The Hall–Kier alpha value is -1.41. The molecule has 1 atom stereocenters. The summed E-state index contributed by atoms with van der Waals surface area (Å²) in [5.74, 6) is 0.882. The summed E-state index contributed by atoms with van der Waals surface area (Å²) in [6.45, 7) is 3.19. The van der Waals surface area contributed by atoms with Crippen LogP contribution in [0.3, 0.4) is 0 Å². The Morgan fingerprint density at radius 3 is 2.75 bits per heavy atom. The van der Waals surface area contributed by atoms with Crippen LogP contribution in [0.1, 0.15) is 50.8 Å². The highest BCUT2D eigenvalue weighted by Gasteiger charge is 2.21. The predicted molar refractivity (Wildman–Crippen MR) is 84.7 cm³/mol. The molecule has 0 bridgehead atoms. The maximum absolute atomic E-state index is 4.87. The van der Waals surface area contributed by atoms with Gasteiger partial charge in [-0.25, -0.2) is 0 Å². The Balaban J connectivity index is 1.83. The molecule has 1 aromatic carbocycles. The molecule has 0 amide bonds. The Morgan fingerprint density at radius 1 is 1.15 bits per heavy atom. The third-order valence-electron chi connectivity index (χ3n) is 4.47. The standard InChI is InChI=1S/C18H24N2/c1-2-19-18(13-14-7-3-4-8-14)17-12-11-15-9-5-6-10-16(15)20-17/h5-6,9-12,14,18-19H,2-4,7-8,13H2,1H3. The van der Waals surface area contributed by atoms with Crippen LogP contribution in [0, 0.1) is 5.92 Å². The molecule has 0 saturated heterocycles. The lowest BCUT2D eigenvalue weighted by Crippen LogP contribution is -2.23. The summed E-state index contributed by atoms with van der Waals surface area (Å²) >= 11 is 0. The monoisotopic (exact) mass is 268 g/mol. The van der Waals surface area contributed by atoms with E-state index in [0.717, 1.165) is 18.0 Å². The van der Waals surface area contributed by atoms with E-state index in [9.17, 15) is 0 Å². The second-order valence-electron chi connectivity index (χ2n) is 5.93. The first-order valence-electron chi connectivity index (χ1n) is 7.96. The second-order valence-corrected chi connectivity index (χ2v) is 5.93. The largest absolute Gasteiger partial charge is 0.309 e. The maximum atomic E-state index is 4.87. The molecule has 2 aromatic rings. The number of pyridine rings is 1. The second kappa shape index (κ2) is 6.36. The van der Waals surface area contributed by atoms with Gasteiger partial charge in [-0.1, -0.05) is 56.9 Å². The third-order valence-corrected chi connectivity index (χ3v) is 4.47. The summed E-state index contributed by atoms with van der Waals surface area (Å²) in [5.41, 5.74) is 2.32. The predicted octanol–water partition coefficient (Wildman–Crippen LogP) is 4.47. The van der Waals surface area contributed by atoms with Gasteiger partial charge in [-0.3, -0.25) is 4.98 Å². The highest BCUT2D eigenvalue weighted by atomic mass is 14.9. The quantitative estimate of drug-likeness (QED) is 0.865. The fraction of sp³-hybridized carbons (Fsp3) is 0.500. The van der Waals surface area contributed by atoms with Gasteiger partial charge in [-0.05, 0) is 31.0 Å². The van der Waals surface area contributed by atoms with Crippen molar-refractivity contribution in [1.82, 2.24) is 10.3 Å². The van der Waals surface area contributed by atoms with Crippen LogP contribution in [0.25, 0.3) is 10.9 Å². The number of benzene rings is 1. The maximum Gasteiger partial charge on any atom is 0.0706 e. The van der Waals surface area contributed by atoms with Crippen LogP contribution in [0.2, 0.25) is 0 Å². The van der Waals surface area contributed by atoms with Gasteiger partial charge in [0.2, 0.25) is 0 Å². The first kappa shape index (κ1) is 13.6. The minimum atomic E-state index is 0.410. The third kappa shape index (κ3) is 3.01. The normalized spacial score (nSPS) is 17.6. The average Bonchev–Trinajstić information content (AvgIpc) is 2.99. The number of hydrogen-bond acceptors (Lipinski definition) is 2. The molecule has 0 spiro atoms. The summed E-state index contributed by atoms with van der Waals surface area (Å²) in [6, 6.07) is 13.2. The minimum absolute atomic E-state index is 0.410. The van der Waals surface area contributed by atoms with Crippen molar-refractivity contribution in [2.24, 2.45) is 5.92 Å². The molecule has 2 nitrogen and oxygen atoms in total. The summed E-state index contributed by atoms with van der Waals surface area (Å²) in [4.78, 5) is 4.87. The first-order valence-corrected chi connectivity index (χ1v) is 7.96. The number of nitrogens with zero attached hydrogens (tertiary/aromatic N) is 1. The lowest BCUT2D eigenvalue weighted by Gasteiger charge is -2.21. The van der Waals surface area contributed by atoms with Crippen molar-refractivity contribution in [3.05, 3.63) is 42.1 Å². The van der Waals surface area contributed by atoms with Crippen molar-refractivity contribution in [3.8, 4) is 0 Å². The number of rotatable bonds is 5. The van der Waals surface area contributed by atoms with Gasteiger partial charge in [0.05, 0.1) is 11.2 Å². The molecular weight excluding hydrogens is 244 g/mol. The molecular formula is C18H24N2. The number of para-hydroxylation sites is 1. The molecule has 0 aliphatic heterocycles. The van der Waals surface area contributed by atoms with Gasteiger partial charge in [0.15, 0.2) is 0 Å². The van der Waals surface area contributed by atoms with E-state index in [2.05, 4.69) is 48.6 Å². The van der Waals surface area contributed by atoms with E-state index in [4.69, 9.17) is 4.98 Å². The Kier molecular flexibility index (Phi) is 4.31. The highest BCUT2D eigenvalue weighted by Crippen LogP contribution is 2.32. The van der Waals surface area contributed by atoms with Gasteiger partial charge in [0.1, 0.15) is 0 Å². The van der Waals surface area contributed by atoms with E-state index in [1.165, 1.54) is 43.2 Å². The van der Waals surface area contributed by atoms with Crippen LogP contribution in [-0.4, -0.2) is 11.5 Å². The summed E-state index contributed by atoms with van der Waals surface area (Å²) < 4.78 is 0. The molecule has 2 heteroatoms. The smallest absolute Gasteiger partial charge is 0.0706 e. The zero-order valence-corrected chi connectivity index (χ0v) is 12.3. The summed E-state index contributed by atoms with van der Waals surface area (Å²) in [7, 11) is 0. The molecule has 0 radical (unpaired) electrons. The number of hydrogen-bond donors (Lipinski definition) is 1. The number of fused-ring (bicyclic) bond motifs is 1. The Labute approximate surface area is 121 Å². The Bertz CT molecular complexity index is 558. The van der Waals surface area contributed by atoms with Crippen molar-refractivity contribution in [3.63, 3.8) is 0 Å². The molecule has 1 fully saturated rings. The lowest BCUT2D eigenvalue weighted by atomic mass is 9.96. The Morgan fingerprint density at radius 2 is 1.95 bits per heavy atom. The van der Waals surface area contributed by atoms with E-state index in [1.54, 1.807) is 0 Å². The van der Waals surface area contributed by atoms with Gasteiger partial charge in [-0.2, -0.15) is 0 Å². The molecule has 1 saturated carbocycles. The highest BCUT2D eigenvalue weighted by molar-refractivity contribution is 5.78. The van der Waals surface area contributed by atoms with Crippen LogP contribution in [0.5, 0.6) is 0 Å². The zero-order chi connectivity index (χ0) is 13.8. The van der Waals surface area contributed by atoms with E-state index >= 15 is 0 Å². The molecule has 1 aliphatic rings. The van der Waals surface area contributed by atoms with Crippen molar-refractivity contribution in [1.29, 1.82) is 0 Å². The van der Waals surface area contributed by atoms with Crippen molar-refractivity contribution in [2.75, 3.05) is 6.54 Å². The minimum Gasteiger partial charge on any atom is -0.309 e. The van der Waals surface area contributed by atoms with Crippen LogP contribution in [0.4, 0.5) is 0 Å². The fourth-order valence-corrected chi connectivity index (χ4v) is 3.41. The molecule has 3 rings (SSSR count). The van der Waals surface area contributed by atoms with Crippen molar-refractivity contribution >= 4 is 10.9 Å². The first-order chi connectivity index (χ1) is 9.86. The molecule has 20 heavy (non-hydrogen) atoms. The van der Waals surface area contributed by atoms with Crippen LogP contribution in [-0.2, 0) is 0 Å². The SMILES string of the molecule is CCNC(CC1CCCC1)c1ccc2ccccc2n1. The fourth-order valence-electron chi connectivity index (χ4n) is 3.41. The van der Waals surface area contributed by atoms with E-state index in [0.29, 0.717) is 6.04 Å². The van der Waals surface area contributed by atoms with Gasteiger partial charge < -0.3 is 5.32 Å². The zero-order valence-electron chi connectivity index (χ0n) is 12.3. The van der Waals surface area contributed by atoms with E-state index < -0.39 is 0 Å². The molecule has 1 aromatic heterocycles. The van der Waals surface area contributed by atoms with Gasteiger partial charge in [0, 0.05) is 11.4 Å². The topological polar surface area (TPSA) is 24.9 Å². The van der Waals surface area contributed by atoms with Crippen molar-refractivity contribution in [2.45, 2.75) is 45.1 Å². The molecule has 1 aliphatic carbocycles. The molecule has 1 unspecified atom stereocenters. The molecule has 1 N–H and O–H groups in total. The van der Waals surface area contributed by atoms with Gasteiger partial charge >= 0.3 is 0 Å². The van der Waals surface area contributed by atoms with Crippen LogP contribution >= 0.6 is 0 Å². The van der Waals surface area contributed by atoms with Crippen LogP contribution < -0.4 is 5.32 Å². The summed E-state index contributed by atoms with van der Waals surface area (Å²) in [5, 5.41) is 4.86. The molecule has 1 heterocycles. The van der Waals surface area contributed by atoms with Gasteiger partial charge in [0.25, 0.3) is 0 Å². The molecule has 106 valence electrons. The van der Waals surface area contributed by atoms with E-state index in [-0.39, 0.29) is 0 Å². The van der Waals surface area contributed by atoms with E-state index in [1.807, 2.05) is 0 Å². The number of aromatic nitrogens is 1. The lowest BCUT2D eigenvalue weighted by molar-refractivity contribution is 0.395. The van der Waals surface area contributed by atoms with Gasteiger partial charge in [-0.15, -0.1) is 0 Å². The van der Waals surface area contributed by atoms with Crippen LogP contribution in [0.15, 0.2) is 36.4 Å². The average molecular weight is 268 g/mol. The number of nitrogens with one attached hydrogen (secondary N) is 1.